The summed E-state index contributed by atoms with van der Waals surface area (Å²) in [6, 6.07) is 8.87. The second-order valence-electron chi connectivity index (χ2n) is 5.62. The van der Waals surface area contributed by atoms with E-state index in [1.54, 1.807) is 0 Å². The molecule has 0 amide bonds. The van der Waals surface area contributed by atoms with Crippen LogP contribution < -0.4 is 5.32 Å². The molecule has 0 bridgehead atoms. The molecular weight excluding hydrogens is 260 g/mol. The van der Waals surface area contributed by atoms with Crippen molar-refractivity contribution in [1.82, 2.24) is 19.8 Å². The molecule has 0 fully saturated rings. The maximum Gasteiger partial charge on any atom is 0.122 e. The summed E-state index contributed by atoms with van der Waals surface area (Å²) in [4.78, 5) is 6.65. The Morgan fingerprint density at radius 3 is 2.48 bits per heavy atom. The molecule has 2 aromatic rings. The quantitative estimate of drug-likeness (QED) is 0.757. The Labute approximate surface area is 127 Å². The molecule has 0 atom stereocenters. The predicted molar refractivity (Wildman–Crippen MR) is 86.8 cm³/mol. The lowest BCUT2D eigenvalue weighted by Gasteiger charge is -2.16. The normalized spacial score (nSPS) is 11.2. The number of aromatic nitrogens is 2. The van der Waals surface area contributed by atoms with Gasteiger partial charge in [0.15, 0.2) is 0 Å². The highest BCUT2D eigenvalue weighted by Crippen LogP contribution is 2.09. The van der Waals surface area contributed by atoms with E-state index in [1.165, 1.54) is 17.5 Å². The summed E-state index contributed by atoms with van der Waals surface area (Å²) in [5.41, 5.74) is 2.69. The largest absolute Gasteiger partial charge is 0.337 e. The zero-order valence-corrected chi connectivity index (χ0v) is 13.3. The first kappa shape index (κ1) is 15.7. The number of rotatable bonds is 8. The Kier molecular flexibility index (Phi) is 5.96. The Bertz CT molecular complexity index is 530. The highest BCUT2D eigenvalue weighted by Gasteiger charge is 2.05. The third-order valence-electron chi connectivity index (χ3n) is 3.56. The maximum absolute atomic E-state index is 4.37. The zero-order chi connectivity index (χ0) is 15.1. The molecule has 114 valence electrons. The van der Waals surface area contributed by atoms with Crippen molar-refractivity contribution in [3.05, 3.63) is 53.6 Å². The number of nitrogens with zero attached hydrogens (tertiary/aromatic N) is 3. The zero-order valence-electron chi connectivity index (χ0n) is 13.3. The lowest BCUT2D eigenvalue weighted by molar-refractivity contribution is 0.307. The topological polar surface area (TPSA) is 33.1 Å². The van der Waals surface area contributed by atoms with Crippen LogP contribution in [0.5, 0.6) is 0 Å². The van der Waals surface area contributed by atoms with Gasteiger partial charge in [-0.05, 0) is 31.1 Å². The van der Waals surface area contributed by atoms with Crippen LogP contribution in [0.15, 0.2) is 36.7 Å². The van der Waals surface area contributed by atoms with Gasteiger partial charge in [0.05, 0.1) is 6.54 Å². The molecule has 0 aliphatic heterocycles. The lowest BCUT2D eigenvalue weighted by Crippen LogP contribution is -2.19. The number of hydrogen-bond acceptors (Lipinski definition) is 3. The molecule has 1 N–H and O–H groups in total. The molecule has 0 aliphatic carbocycles. The second kappa shape index (κ2) is 7.96. The average Bonchev–Trinajstić information content (AvgIpc) is 2.86. The smallest absolute Gasteiger partial charge is 0.122 e. The van der Waals surface area contributed by atoms with Gasteiger partial charge in [0.1, 0.15) is 5.82 Å². The van der Waals surface area contributed by atoms with Gasteiger partial charge in [-0.2, -0.15) is 0 Å². The van der Waals surface area contributed by atoms with Crippen molar-refractivity contribution in [3.63, 3.8) is 0 Å². The van der Waals surface area contributed by atoms with E-state index in [4.69, 9.17) is 0 Å². The lowest BCUT2D eigenvalue weighted by atomic mass is 10.1. The van der Waals surface area contributed by atoms with Crippen molar-refractivity contribution in [2.75, 3.05) is 13.6 Å². The molecule has 0 saturated heterocycles. The summed E-state index contributed by atoms with van der Waals surface area (Å²) in [7, 11) is 4.17. The molecule has 0 spiro atoms. The van der Waals surface area contributed by atoms with E-state index < -0.39 is 0 Å². The summed E-state index contributed by atoms with van der Waals surface area (Å²) in [6.07, 6.45) is 5.01. The highest BCUT2D eigenvalue weighted by atomic mass is 15.1. The fourth-order valence-electron chi connectivity index (χ4n) is 2.33. The van der Waals surface area contributed by atoms with Gasteiger partial charge in [0.25, 0.3) is 0 Å². The Morgan fingerprint density at radius 1 is 1.14 bits per heavy atom. The molecule has 0 saturated carbocycles. The van der Waals surface area contributed by atoms with Crippen LogP contribution in [0.25, 0.3) is 0 Å². The number of aryl methyl sites for hydroxylation is 1. The highest BCUT2D eigenvalue weighted by molar-refractivity contribution is 5.22. The molecule has 21 heavy (non-hydrogen) atoms. The van der Waals surface area contributed by atoms with E-state index in [1.807, 2.05) is 19.4 Å². The number of hydrogen-bond donors (Lipinski definition) is 1. The first-order valence-electron chi connectivity index (χ1n) is 7.62. The molecular formula is C17H26N4. The Balaban J connectivity index is 1.83. The van der Waals surface area contributed by atoms with Gasteiger partial charge in [-0.1, -0.05) is 31.2 Å². The van der Waals surface area contributed by atoms with E-state index >= 15 is 0 Å². The number of nitrogens with one attached hydrogen (secondary N) is 1. The summed E-state index contributed by atoms with van der Waals surface area (Å²) in [5.74, 6) is 1.10. The van der Waals surface area contributed by atoms with E-state index in [0.29, 0.717) is 0 Å². The number of benzene rings is 1. The maximum atomic E-state index is 4.37. The molecule has 1 aromatic heterocycles. The van der Waals surface area contributed by atoms with Gasteiger partial charge in [0.2, 0.25) is 0 Å². The van der Waals surface area contributed by atoms with Crippen LogP contribution in [0.1, 0.15) is 30.3 Å². The van der Waals surface area contributed by atoms with Crippen LogP contribution >= 0.6 is 0 Å². The third kappa shape index (κ3) is 4.99. The first-order valence-corrected chi connectivity index (χ1v) is 7.62. The summed E-state index contributed by atoms with van der Waals surface area (Å²) in [5, 5.41) is 3.43. The number of imidazole rings is 1. The minimum absolute atomic E-state index is 0.864. The first-order chi connectivity index (χ1) is 10.2. The fourth-order valence-corrected chi connectivity index (χ4v) is 2.33. The van der Waals surface area contributed by atoms with E-state index in [9.17, 15) is 0 Å². The summed E-state index contributed by atoms with van der Waals surface area (Å²) >= 11 is 0. The SMILES string of the molecule is CCCNCc1ccc(CN(C)Cc2nccn2C)cc1. The Morgan fingerprint density at radius 2 is 1.86 bits per heavy atom. The molecule has 4 nitrogen and oxygen atoms in total. The standard InChI is InChI=1S/C17H26N4/c1-4-9-18-12-15-5-7-16(8-6-15)13-20(2)14-17-19-10-11-21(17)3/h5-8,10-11,18H,4,9,12-14H2,1-3H3. The summed E-state index contributed by atoms with van der Waals surface area (Å²) in [6.45, 7) is 6.03. The van der Waals surface area contributed by atoms with Crippen molar-refractivity contribution >= 4 is 0 Å². The van der Waals surface area contributed by atoms with Gasteiger partial charge in [-0.15, -0.1) is 0 Å². The van der Waals surface area contributed by atoms with Crippen molar-refractivity contribution in [3.8, 4) is 0 Å². The minimum Gasteiger partial charge on any atom is -0.337 e. The Hall–Kier alpha value is -1.65. The second-order valence-corrected chi connectivity index (χ2v) is 5.62. The fraction of sp³-hybridized carbons (Fsp3) is 0.471. The average molecular weight is 286 g/mol. The monoisotopic (exact) mass is 286 g/mol. The minimum atomic E-state index is 0.864. The van der Waals surface area contributed by atoms with Gasteiger partial charge in [-0.25, -0.2) is 4.98 Å². The molecule has 1 heterocycles. The predicted octanol–water partition coefficient (Wildman–Crippen LogP) is 2.55. The van der Waals surface area contributed by atoms with Gasteiger partial charge in [-0.3, -0.25) is 4.90 Å². The molecule has 1 aromatic carbocycles. The van der Waals surface area contributed by atoms with Crippen molar-refractivity contribution < 1.29 is 0 Å². The van der Waals surface area contributed by atoms with Crippen LogP contribution in [-0.2, 0) is 26.7 Å². The molecule has 0 radical (unpaired) electrons. The van der Waals surface area contributed by atoms with Crippen LogP contribution in [0.3, 0.4) is 0 Å². The van der Waals surface area contributed by atoms with E-state index in [2.05, 4.69) is 58.0 Å². The van der Waals surface area contributed by atoms with Crippen LogP contribution in [0.4, 0.5) is 0 Å². The van der Waals surface area contributed by atoms with E-state index in [-0.39, 0.29) is 0 Å². The summed E-state index contributed by atoms with van der Waals surface area (Å²) < 4.78 is 2.07. The molecule has 0 aliphatic rings. The van der Waals surface area contributed by atoms with Crippen LogP contribution in [0, 0.1) is 0 Å². The van der Waals surface area contributed by atoms with E-state index in [0.717, 1.165) is 32.0 Å². The molecule has 0 unspecified atom stereocenters. The van der Waals surface area contributed by atoms with Crippen molar-refractivity contribution in [2.45, 2.75) is 33.0 Å². The van der Waals surface area contributed by atoms with Crippen LogP contribution in [0.2, 0.25) is 0 Å². The van der Waals surface area contributed by atoms with Crippen molar-refractivity contribution in [2.24, 2.45) is 7.05 Å². The molecule has 4 heteroatoms. The van der Waals surface area contributed by atoms with Gasteiger partial charge >= 0.3 is 0 Å². The van der Waals surface area contributed by atoms with Gasteiger partial charge < -0.3 is 9.88 Å². The van der Waals surface area contributed by atoms with Gasteiger partial charge in [0, 0.05) is 32.5 Å². The third-order valence-corrected chi connectivity index (χ3v) is 3.56. The van der Waals surface area contributed by atoms with Crippen LogP contribution in [-0.4, -0.2) is 28.0 Å². The van der Waals surface area contributed by atoms with Crippen molar-refractivity contribution in [1.29, 1.82) is 0 Å². The molecule has 2 rings (SSSR count).